The molecule has 1 aromatic carbocycles. The van der Waals surface area contributed by atoms with Gasteiger partial charge in [-0.15, -0.1) is 0 Å². The van der Waals surface area contributed by atoms with Crippen LogP contribution in [-0.4, -0.2) is 10.00 Å². The summed E-state index contributed by atoms with van der Waals surface area (Å²) in [7, 11) is 0. The Kier molecular flexibility index (Phi) is 6.03. The number of hydrogen-bond donors (Lipinski definition) is 2. The van der Waals surface area contributed by atoms with Crippen molar-refractivity contribution in [2.24, 2.45) is 0 Å². The first-order chi connectivity index (χ1) is 7.84. The second-order valence-corrected chi connectivity index (χ2v) is 6.84. The molecule has 2 N–H and O–H groups in total. The van der Waals surface area contributed by atoms with E-state index in [2.05, 4.69) is 22.5 Å². The molecule has 0 aliphatic rings. The average molecular weight is 333 g/mol. The SMILES string of the molecule is O=P(O)(Cl)Cl.OC(F)(F)c1ccc(F)c(F)c1F. The van der Waals surface area contributed by atoms with Gasteiger partial charge in [-0.1, -0.05) is 0 Å². The molecule has 18 heavy (non-hydrogen) atoms. The van der Waals surface area contributed by atoms with Crippen molar-refractivity contribution in [3.05, 3.63) is 35.1 Å². The van der Waals surface area contributed by atoms with Gasteiger partial charge in [0, 0.05) is 0 Å². The van der Waals surface area contributed by atoms with E-state index in [0.29, 0.717) is 6.07 Å². The van der Waals surface area contributed by atoms with E-state index in [9.17, 15) is 26.5 Å². The van der Waals surface area contributed by atoms with E-state index in [1.807, 2.05) is 0 Å². The van der Waals surface area contributed by atoms with Crippen molar-refractivity contribution < 1.29 is 36.5 Å². The van der Waals surface area contributed by atoms with Crippen LogP contribution in [-0.2, 0) is 10.7 Å². The number of benzene rings is 1. The smallest absolute Gasteiger partial charge is 0.332 e. The number of rotatable bonds is 1. The van der Waals surface area contributed by atoms with Crippen molar-refractivity contribution in [3.8, 4) is 0 Å². The number of alkyl halides is 2. The molecule has 104 valence electrons. The van der Waals surface area contributed by atoms with Crippen LogP contribution in [0.25, 0.3) is 0 Å². The molecular weight excluding hydrogens is 329 g/mol. The number of hydrogen-bond acceptors (Lipinski definition) is 2. The summed E-state index contributed by atoms with van der Waals surface area (Å²) in [5.74, 6) is -5.72. The topological polar surface area (TPSA) is 57.5 Å². The van der Waals surface area contributed by atoms with Crippen molar-refractivity contribution in [2.45, 2.75) is 6.11 Å². The summed E-state index contributed by atoms with van der Waals surface area (Å²) in [5.41, 5.74) is -1.59. The van der Waals surface area contributed by atoms with E-state index < -0.39 is 35.2 Å². The third kappa shape index (κ3) is 6.51. The van der Waals surface area contributed by atoms with Crippen LogP contribution in [0, 0.1) is 17.5 Å². The lowest BCUT2D eigenvalue weighted by molar-refractivity contribution is -0.211. The maximum atomic E-state index is 12.5. The van der Waals surface area contributed by atoms with Gasteiger partial charge in [0.1, 0.15) is 0 Å². The molecule has 0 aromatic heterocycles. The first-order valence-electron chi connectivity index (χ1n) is 3.80. The number of halogens is 7. The summed E-state index contributed by atoms with van der Waals surface area (Å²) in [5, 5.41) is 8.02. The fraction of sp³-hybridized carbons (Fsp3) is 0.143. The molecular formula is C7H4Cl2F5O3P. The van der Waals surface area contributed by atoms with Crippen LogP contribution in [0.5, 0.6) is 0 Å². The van der Waals surface area contributed by atoms with Crippen molar-refractivity contribution in [2.75, 3.05) is 0 Å². The van der Waals surface area contributed by atoms with Crippen LogP contribution in [0.1, 0.15) is 5.56 Å². The maximum absolute atomic E-state index is 12.5. The van der Waals surface area contributed by atoms with Gasteiger partial charge in [-0.2, -0.15) is 8.78 Å². The van der Waals surface area contributed by atoms with Gasteiger partial charge < -0.3 is 10.00 Å². The predicted molar refractivity (Wildman–Crippen MR) is 54.0 cm³/mol. The molecule has 0 atom stereocenters. The highest BCUT2D eigenvalue weighted by Gasteiger charge is 2.33. The van der Waals surface area contributed by atoms with Crippen LogP contribution in [0.2, 0.25) is 0 Å². The van der Waals surface area contributed by atoms with Crippen molar-refractivity contribution in [3.63, 3.8) is 0 Å². The molecule has 0 unspecified atom stereocenters. The molecule has 0 bridgehead atoms. The minimum Gasteiger partial charge on any atom is -0.332 e. The first kappa shape index (κ1) is 17.6. The third-order valence-corrected chi connectivity index (χ3v) is 1.36. The maximum Gasteiger partial charge on any atom is 0.383 e. The Morgan fingerprint density at radius 2 is 1.50 bits per heavy atom. The first-order valence-corrected chi connectivity index (χ1v) is 7.27. The summed E-state index contributed by atoms with van der Waals surface area (Å²) < 4.78 is 70.4. The van der Waals surface area contributed by atoms with Gasteiger partial charge in [-0.25, -0.2) is 13.2 Å². The second kappa shape index (κ2) is 6.16. The standard InChI is InChI=1S/C7H3F5O.Cl2HO2P/c8-4-2-1-3(7(11,12)13)5(9)6(4)10;1-5(2,3)4/h1-2,13H;(H,3,4). The minimum absolute atomic E-state index is 0.272. The Bertz CT molecular complexity index is 465. The molecule has 0 saturated heterocycles. The molecule has 3 nitrogen and oxygen atoms in total. The summed E-state index contributed by atoms with van der Waals surface area (Å²) >= 11 is 8.81. The van der Waals surface area contributed by atoms with E-state index in [0.717, 1.165) is 0 Å². The Morgan fingerprint density at radius 1 is 1.11 bits per heavy atom. The Hall–Kier alpha value is -0.400. The van der Waals surface area contributed by atoms with Crippen LogP contribution in [0.3, 0.4) is 0 Å². The molecule has 1 aromatic rings. The normalized spacial score (nSPS) is 11.8. The van der Waals surface area contributed by atoms with Crippen molar-refractivity contribution in [1.29, 1.82) is 0 Å². The molecule has 0 fully saturated rings. The van der Waals surface area contributed by atoms with Crippen LogP contribution in [0.4, 0.5) is 22.0 Å². The largest absolute Gasteiger partial charge is 0.383 e. The molecule has 11 heteroatoms. The van der Waals surface area contributed by atoms with Crippen LogP contribution in [0.15, 0.2) is 12.1 Å². The van der Waals surface area contributed by atoms with Gasteiger partial charge in [-0.05, 0) is 34.6 Å². The van der Waals surface area contributed by atoms with E-state index in [1.54, 1.807) is 0 Å². The number of aliphatic hydroxyl groups is 1. The molecule has 0 radical (unpaired) electrons. The minimum atomic E-state index is -4.52. The highest BCUT2D eigenvalue weighted by Crippen LogP contribution is 2.51. The lowest BCUT2D eigenvalue weighted by Gasteiger charge is -2.09. The van der Waals surface area contributed by atoms with E-state index in [-0.39, 0.29) is 6.07 Å². The fourth-order valence-corrected chi connectivity index (χ4v) is 0.758. The summed E-state index contributed by atoms with van der Waals surface area (Å²) in [6.45, 7) is 0. The monoisotopic (exact) mass is 332 g/mol. The van der Waals surface area contributed by atoms with E-state index in [1.165, 1.54) is 0 Å². The zero-order chi connectivity index (χ0) is 14.7. The van der Waals surface area contributed by atoms with Gasteiger partial charge in [-0.3, -0.25) is 4.57 Å². The summed E-state index contributed by atoms with van der Waals surface area (Å²) in [6.07, 6.45) is -8.21. The van der Waals surface area contributed by atoms with Gasteiger partial charge in [0.2, 0.25) is 0 Å². The fourth-order valence-electron chi connectivity index (χ4n) is 0.758. The van der Waals surface area contributed by atoms with Crippen molar-refractivity contribution >= 4 is 28.6 Å². The van der Waals surface area contributed by atoms with Crippen LogP contribution < -0.4 is 0 Å². The highest BCUT2D eigenvalue weighted by molar-refractivity contribution is 8.04. The molecule has 0 aliphatic carbocycles. The molecule has 1 rings (SSSR count). The zero-order valence-electron chi connectivity index (χ0n) is 8.05. The third-order valence-electron chi connectivity index (χ3n) is 1.36. The average Bonchev–Trinajstić information content (AvgIpc) is 2.09. The van der Waals surface area contributed by atoms with Gasteiger partial charge in [0.15, 0.2) is 17.5 Å². The molecule has 0 amide bonds. The van der Waals surface area contributed by atoms with Gasteiger partial charge >= 0.3 is 12.2 Å². The lowest BCUT2D eigenvalue weighted by atomic mass is 10.2. The highest BCUT2D eigenvalue weighted by atomic mass is 35.9. The lowest BCUT2D eigenvalue weighted by Crippen LogP contribution is -2.15. The zero-order valence-corrected chi connectivity index (χ0v) is 10.5. The Morgan fingerprint density at radius 3 is 1.83 bits per heavy atom. The molecule has 0 aliphatic heterocycles. The van der Waals surface area contributed by atoms with Crippen LogP contribution >= 0.6 is 28.6 Å². The van der Waals surface area contributed by atoms with Gasteiger partial charge in [0.05, 0.1) is 5.56 Å². The molecule has 0 heterocycles. The second-order valence-electron chi connectivity index (χ2n) is 2.70. The van der Waals surface area contributed by atoms with Gasteiger partial charge in [0.25, 0.3) is 0 Å². The summed E-state index contributed by atoms with van der Waals surface area (Å²) in [6, 6.07) is 0.575. The van der Waals surface area contributed by atoms with E-state index in [4.69, 9.17) is 10.00 Å². The Labute approximate surface area is 107 Å². The molecule has 0 saturated carbocycles. The van der Waals surface area contributed by atoms with E-state index >= 15 is 0 Å². The quantitative estimate of drug-likeness (QED) is 0.468. The molecule has 0 spiro atoms. The Balaban J connectivity index is 0.000000494. The van der Waals surface area contributed by atoms with Crippen molar-refractivity contribution in [1.82, 2.24) is 0 Å². The predicted octanol–water partition coefficient (Wildman–Crippen LogP) is 3.71. The summed E-state index contributed by atoms with van der Waals surface area (Å²) in [4.78, 5) is 7.61.